The Kier molecular flexibility index (Phi) is 3.71. The van der Waals surface area contributed by atoms with Gasteiger partial charge in [0.2, 0.25) is 0 Å². The van der Waals surface area contributed by atoms with Crippen LogP contribution in [0.25, 0.3) is 10.4 Å². The van der Waals surface area contributed by atoms with E-state index in [1.807, 2.05) is 52.8 Å². The molecule has 1 aliphatic heterocycles. The lowest BCUT2D eigenvalue weighted by Crippen LogP contribution is -2.41. The molecule has 0 bridgehead atoms. The standard InChI is InChI=1S/C17H20BFO2S/c1-11-10-12(19)6-7-13(11)14-8-9-15(22-14)18-20-16(2,3)17(4,5)21-18/h6-10H,1-5H3. The maximum Gasteiger partial charge on any atom is 0.505 e. The quantitative estimate of drug-likeness (QED) is 0.774. The molecule has 0 saturated carbocycles. The van der Waals surface area contributed by atoms with Gasteiger partial charge in [0.05, 0.1) is 11.2 Å². The first-order chi connectivity index (χ1) is 10.2. The van der Waals surface area contributed by atoms with Gasteiger partial charge in [-0.3, -0.25) is 0 Å². The van der Waals surface area contributed by atoms with Crippen molar-refractivity contribution in [1.82, 2.24) is 0 Å². The maximum atomic E-state index is 13.2. The van der Waals surface area contributed by atoms with Gasteiger partial charge >= 0.3 is 7.12 Å². The van der Waals surface area contributed by atoms with Gasteiger partial charge in [-0.2, -0.15) is 0 Å². The molecule has 0 radical (unpaired) electrons. The fourth-order valence-corrected chi connectivity index (χ4v) is 3.54. The highest BCUT2D eigenvalue weighted by Gasteiger charge is 2.52. The summed E-state index contributed by atoms with van der Waals surface area (Å²) >= 11 is 1.63. The number of hydrogen-bond donors (Lipinski definition) is 0. The minimum Gasteiger partial charge on any atom is -0.399 e. The molecule has 2 nitrogen and oxygen atoms in total. The van der Waals surface area contributed by atoms with Gasteiger partial charge in [0.15, 0.2) is 0 Å². The van der Waals surface area contributed by atoms with Crippen molar-refractivity contribution in [3.8, 4) is 10.4 Å². The topological polar surface area (TPSA) is 18.5 Å². The Labute approximate surface area is 135 Å². The van der Waals surface area contributed by atoms with Crippen LogP contribution in [0.1, 0.15) is 33.3 Å². The Balaban J connectivity index is 1.89. The first-order valence-electron chi connectivity index (χ1n) is 7.41. The molecule has 0 spiro atoms. The monoisotopic (exact) mass is 318 g/mol. The van der Waals surface area contributed by atoms with Crippen LogP contribution in [-0.2, 0) is 9.31 Å². The Morgan fingerprint density at radius 3 is 2.23 bits per heavy atom. The number of hydrogen-bond acceptors (Lipinski definition) is 3. The van der Waals surface area contributed by atoms with Crippen molar-refractivity contribution in [1.29, 1.82) is 0 Å². The molecule has 22 heavy (non-hydrogen) atoms. The number of benzene rings is 1. The molecule has 116 valence electrons. The van der Waals surface area contributed by atoms with Gasteiger partial charge in [-0.1, -0.05) is 12.1 Å². The van der Waals surface area contributed by atoms with E-state index in [0.717, 1.165) is 20.8 Å². The van der Waals surface area contributed by atoms with E-state index in [9.17, 15) is 4.39 Å². The van der Waals surface area contributed by atoms with E-state index in [2.05, 4.69) is 0 Å². The lowest BCUT2D eigenvalue weighted by molar-refractivity contribution is 0.00578. The second-order valence-electron chi connectivity index (χ2n) is 6.75. The minimum absolute atomic E-state index is 0.205. The molecular formula is C17H20BFO2S. The van der Waals surface area contributed by atoms with Crippen LogP contribution in [0.5, 0.6) is 0 Å². The number of rotatable bonds is 2. The van der Waals surface area contributed by atoms with Crippen LogP contribution in [0, 0.1) is 12.7 Å². The Morgan fingerprint density at radius 1 is 1.00 bits per heavy atom. The van der Waals surface area contributed by atoms with Gasteiger partial charge in [0, 0.05) is 9.65 Å². The molecule has 3 rings (SSSR count). The zero-order chi connectivity index (χ0) is 16.1. The molecule has 1 saturated heterocycles. The van der Waals surface area contributed by atoms with Crippen LogP contribution in [0.15, 0.2) is 30.3 Å². The summed E-state index contributed by atoms with van der Waals surface area (Å²) in [6, 6.07) is 8.96. The first kappa shape index (κ1) is 15.7. The SMILES string of the molecule is Cc1cc(F)ccc1-c1ccc(B2OC(C)(C)C(C)(C)O2)s1. The van der Waals surface area contributed by atoms with Crippen molar-refractivity contribution >= 4 is 23.2 Å². The van der Waals surface area contributed by atoms with Crippen molar-refractivity contribution in [2.75, 3.05) is 0 Å². The number of thiophene rings is 1. The molecule has 1 aliphatic rings. The summed E-state index contributed by atoms with van der Waals surface area (Å²) in [5.74, 6) is -0.205. The second kappa shape index (κ2) is 5.19. The molecule has 5 heteroatoms. The molecule has 0 N–H and O–H groups in total. The molecule has 0 amide bonds. The Bertz CT molecular complexity index is 692. The number of aryl methyl sites for hydroxylation is 1. The normalized spacial score (nSPS) is 19.6. The fourth-order valence-electron chi connectivity index (χ4n) is 2.49. The van der Waals surface area contributed by atoms with Crippen molar-refractivity contribution in [2.45, 2.75) is 45.8 Å². The third kappa shape index (κ3) is 2.62. The van der Waals surface area contributed by atoms with Crippen LogP contribution < -0.4 is 4.78 Å². The molecule has 0 unspecified atom stereocenters. The average Bonchev–Trinajstić information content (AvgIpc) is 2.93. The van der Waals surface area contributed by atoms with Crippen LogP contribution in [0.4, 0.5) is 4.39 Å². The van der Waals surface area contributed by atoms with E-state index in [-0.39, 0.29) is 24.1 Å². The van der Waals surface area contributed by atoms with Gasteiger partial charge in [-0.25, -0.2) is 4.39 Å². The smallest absolute Gasteiger partial charge is 0.399 e. The van der Waals surface area contributed by atoms with Crippen molar-refractivity contribution < 1.29 is 13.7 Å². The predicted molar refractivity (Wildman–Crippen MR) is 90.2 cm³/mol. The van der Waals surface area contributed by atoms with Crippen LogP contribution in [0.2, 0.25) is 0 Å². The fraction of sp³-hybridized carbons (Fsp3) is 0.412. The van der Waals surface area contributed by atoms with Gasteiger partial charge in [0.1, 0.15) is 5.82 Å². The van der Waals surface area contributed by atoms with E-state index < -0.39 is 0 Å². The van der Waals surface area contributed by atoms with E-state index >= 15 is 0 Å². The largest absolute Gasteiger partial charge is 0.505 e. The summed E-state index contributed by atoms with van der Waals surface area (Å²) in [6.45, 7) is 10.1. The van der Waals surface area contributed by atoms with E-state index in [4.69, 9.17) is 9.31 Å². The van der Waals surface area contributed by atoms with Crippen molar-refractivity contribution in [3.05, 3.63) is 41.7 Å². The van der Waals surface area contributed by atoms with Gasteiger partial charge in [-0.15, -0.1) is 11.3 Å². The summed E-state index contributed by atoms with van der Waals surface area (Å²) in [5.41, 5.74) is 1.30. The first-order valence-corrected chi connectivity index (χ1v) is 8.23. The highest BCUT2D eigenvalue weighted by molar-refractivity contribution is 7.25. The summed E-state index contributed by atoms with van der Waals surface area (Å²) in [4.78, 5) is 1.10. The van der Waals surface area contributed by atoms with E-state index in [0.29, 0.717) is 0 Å². The van der Waals surface area contributed by atoms with Gasteiger partial charge in [0.25, 0.3) is 0 Å². The second-order valence-corrected chi connectivity index (χ2v) is 7.86. The zero-order valence-electron chi connectivity index (χ0n) is 13.6. The molecule has 0 aliphatic carbocycles. The maximum absolute atomic E-state index is 13.2. The van der Waals surface area contributed by atoms with Crippen molar-refractivity contribution in [3.63, 3.8) is 0 Å². The lowest BCUT2D eigenvalue weighted by Gasteiger charge is -2.32. The molecule has 2 aromatic rings. The van der Waals surface area contributed by atoms with E-state index in [1.165, 1.54) is 6.07 Å². The molecule has 2 heterocycles. The van der Waals surface area contributed by atoms with Crippen LogP contribution in [0.3, 0.4) is 0 Å². The third-order valence-corrected chi connectivity index (χ3v) is 5.71. The molecular weight excluding hydrogens is 298 g/mol. The Hall–Kier alpha value is -1.17. The highest BCUT2D eigenvalue weighted by Crippen LogP contribution is 2.37. The molecule has 1 aromatic heterocycles. The summed E-state index contributed by atoms with van der Waals surface area (Å²) in [6.07, 6.45) is 0. The van der Waals surface area contributed by atoms with Crippen molar-refractivity contribution in [2.24, 2.45) is 0 Å². The van der Waals surface area contributed by atoms with Crippen LogP contribution >= 0.6 is 11.3 Å². The van der Waals surface area contributed by atoms with Gasteiger partial charge < -0.3 is 9.31 Å². The Morgan fingerprint density at radius 2 is 1.64 bits per heavy atom. The summed E-state index contributed by atoms with van der Waals surface area (Å²) in [7, 11) is -0.343. The molecule has 0 atom stereocenters. The highest BCUT2D eigenvalue weighted by atomic mass is 32.1. The average molecular weight is 318 g/mol. The predicted octanol–water partition coefficient (Wildman–Crippen LogP) is 4.16. The molecule has 1 fully saturated rings. The van der Waals surface area contributed by atoms with E-state index in [1.54, 1.807) is 17.4 Å². The van der Waals surface area contributed by atoms with Crippen LogP contribution in [-0.4, -0.2) is 18.3 Å². The lowest BCUT2D eigenvalue weighted by atomic mass is 9.88. The van der Waals surface area contributed by atoms with Gasteiger partial charge in [-0.05, 0) is 63.9 Å². The zero-order valence-corrected chi connectivity index (χ0v) is 14.4. The summed E-state index contributed by atoms with van der Waals surface area (Å²) in [5, 5.41) is 0. The summed E-state index contributed by atoms with van der Waals surface area (Å²) < 4.78 is 26.4. The number of halogens is 1. The third-order valence-electron chi connectivity index (χ3n) is 4.57. The minimum atomic E-state index is -0.343. The molecule has 1 aromatic carbocycles.